The molecule has 5 rings (SSSR count). The van der Waals surface area contributed by atoms with Crippen molar-refractivity contribution in [1.29, 1.82) is 0 Å². The number of halogens is 2. The molecule has 0 bridgehead atoms. The van der Waals surface area contributed by atoms with Crippen molar-refractivity contribution in [3.8, 4) is 11.5 Å². The Labute approximate surface area is 187 Å². The predicted octanol–water partition coefficient (Wildman–Crippen LogP) is 5.80. The number of aliphatic imine (C=N–C) groups is 1. The largest absolute Gasteiger partial charge is 0.493 e. The Morgan fingerprint density at radius 3 is 2.68 bits per heavy atom. The summed E-state index contributed by atoms with van der Waals surface area (Å²) in [5, 5.41) is 8.67. The molecule has 1 aliphatic heterocycles. The number of hydrogen-bond donors (Lipinski definition) is 0. The van der Waals surface area contributed by atoms with Crippen LogP contribution in [0.3, 0.4) is 0 Å². The van der Waals surface area contributed by atoms with Gasteiger partial charge in [0.15, 0.2) is 11.5 Å². The van der Waals surface area contributed by atoms with Crippen LogP contribution in [0.4, 0.5) is 11.4 Å². The second-order valence-corrected chi connectivity index (χ2v) is 7.75. The molecular weight excluding hydrogens is 439 g/mol. The number of benzene rings is 3. The van der Waals surface area contributed by atoms with Gasteiger partial charge in [-0.1, -0.05) is 29.3 Å². The van der Waals surface area contributed by atoms with Crippen LogP contribution in [0.1, 0.15) is 11.1 Å². The monoisotopic (exact) mass is 454 g/mol. The maximum absolute atomic E-state index is 6.23. The number of aromatic nitrogens is 2. The van der Waals surface area contributed by atoms with Crippen LogP contribution in [0.5, 0.6) is 11.5 Å². The molecule has 1 aliphatic rings. The molecule has 156 valence electrons. The molecule has 0 fully saturated rings. The highest BCUT2D eigenvalue weighted by Gasteiger charge is 2.20. The van der Waals surface area contributed by atoms with Crippen LogP contribution in [-0.2, 0) is 13.2 Å². The van der Waals surface area contributed by atoms with E-state index in [0.717, 1.165) is 22.5 Å². The molecule has 4 aromatic rings. The molecule has 31 heavy (non-hydrogen) atoms. The molecule has 0 aliphatic carbocycles. The molecule has 0 spiro atoms. The fraction of sp³-hybridized carbons (Fsp3) is 0.136. The quantitative estimate of drug-likeness (QED) is 0.379. The molecule has 1 aromatic heterocycles. The highest BCUT2D eigenvalue weighted by molar-refractivity contribution is 6.42. The summed E-state index contributed by atoms with van der Waals surface area (Å²) in [5.74, 6) is 1.24. The minimum Gasteiger partial charge on any atom is -0.493 e. The summed E-state index contributed by atoms with van der Waals surface area (Å²) >= 11 is 12.3. The standard InChI is InChI=1S/C22H16Cl2N4O3/c1-29-21-7-14-10-25-12-28(15-3-4-16(23)17(24)8-15)20(14)9-22(21)30-11-13-2-5-18-19(6-13)27-31-26-18/h2-9,12H,10-11H2,1H3. The Morgan fingerprint density at radius 2 is 1.84 bits per heavy atom. The normalized spacial score (nSPS) is 12.8. The minimum absolute atomic E-state index is 0.332. The maximum Gasteiger partial charge on any atom is 0.163 e. The fourth-order valence-electron chi connectivity index (χ4n) is 3.42. The van der Waals surface area contributed by atoms with Crippen LogP contribution in [0.15, 0.2) is 58.2 Å². The van der Waals surface area contributed by atoms with E-state index in [0.29, 0.717) is 45.7 Å². The zero-order valence-corrected chi connectivity index (χ0v) is 17.9. The van der Waals surface area contributed by atoms with Gasteiger partial charge in [-0.05, 0) is 52.3 Å². The summed E-state index contributed by atoms with van der Waals surface area (Å²) in [5.41, 5.74) is 5.10. The Morgan fingerprint density at radius 1 is 0.968 bits per heavy atom. The van der Waals surface area contributed by atoms with Crippen molar-refractivity contribution in [3.63, 3.8) is 0 Å². The van der Waals surface area contributed by atoms with Gasteiger partial charge in [0, 0.05) is 17.3 Å². The van der Waals surface area contributed by atoms with Gasteiger partial charge in [-0.3, -0.25) is 4.99 Å². The molecule has 0 saturated carbocycles. The van der Waals surface area contributed by atoms with Gasteiger partial charge in [-0.2, -0.15) is 0 Å². The summed E-state index contributed by atoms with van der Waals surface area (Å²) in [6.45, 7) is 0.873. The van der Waals surface area contributed by atoms with Crippen LogP contribution >= 0.6 is 23.2 Å². The van der Waals surface area contributed by atoms with Crippen molar-refractivity contribution in [2.45, 2.75) is 13.2 Å². The van der Waals surface area contributed by atoms with E-state index in [2.05, 4.69) is 15.3 Å². The van der Waals surface area contributed by atoms with E-state index in [1.54, 1.807) is 25.6 Å². The molecule has 7 nitrogen and oxygen atoms in total. The van der Waals surface area contributed by atoms with Crippen molar-refractivity contribution < 1.29 is 14.1 Å². The number of nitrogens with zero attached hydrogens (tertiary/aromatic N) is 4. The summed E-state index contributed by atoms with van der Waals surface area (Å²) in [6.07, 6.45) is 1.77. The van der Waals surface area contributed by atoms with E-state index in [-0.39, 0.29) is 0 Å². The topological polar surface area (TPSA) is 73.0 Å². The molecule has 0 atom stereocenters. The van der Waals surface area contributed by atoms with E-state index < -0.39 is 0 Å². The molecule has 9 heteroatoms. The molecule has 0 N–H and O–H groups in total. The Bertz CT molecular complexity index is 1310. The first kappa shape index (κ1) is 19.7. The van der Waals surface area contributed by atoms with Crippen LogP contribution in [-0.4, -0.2) is 23.8 Å². The van der Waals surface area contributed by atoms with Gasteiger partial charge in [0.2, 0.25) is 0 Å². The van der Waals surface area contributed by atoms with Gasteiger partial charge >= 0.3 is 0 Å². The third-order valence-corrected chi connectivity index (χ3v) is 5.72. The molecule has 0 radical (unpaired) electrons. The number of rotatable bonds is 5. The minimum atomic E-state index is 0.332. The third-order valence-electron chi connectivity index (χ3n) is 4.98. The first-order valence-corrected chi connectivity index (χ1v) is 10.2. The lowest BCUT2D eigenvalue weighted by Crippen LogP contribution is -2.20. The van der Waals surface area contributed by atoms with Gasteiger partial charge in [0.1, 0.15) is 17.6 Å². The molecular formula is C22H16Cl2N4O3. The average Bonchev–Trinajstić information content (AvgIpc) is 3.26. The second-order valence-electron chi connectivity index (χ2n) is 6.93. The molecule has 0 amide bonds. The number of hydrogen-bond acceptors (Lipinski definition) is 7. The Hall–Kier alpha value is -3.29. The van der Waals surface area contributed by atoms with Crippen LogP contribution in [0.2, 0.25) is 10.0 Å². The summed E-state index contributed by atoms with van der Waals surface area (Å²) in [6, 6.07) is 15.0. The SMILES string of the molecule is COc1cc2c(cc1OCc1ccc3nonc3c1)N(c1ccc(Cl)c(Cl)c1)C=NC2. The van der Waals surface area contributed by atoms with E-state index in [9.17, 15) is 0 Å². The Kier molecular flexibility index (Phi) is 5.13. The molecule has 0 unspecified atom stereocenters. The van der Waals surface area contributed by atoms with Gasteiger partial charge < -0.3 is 14.4 Å². The van der Waals surface area contributed by atoms with Gasteiger partial charge in [0.05, 0.1) is 35.7 Å². The number of fused-ring (bicyclic) bond motifs is 2. The lowest BCUT2D eigenvalue weighted by Gasteiger charge is -2.27. The molecule has 0 saturated heterocycles. The van der Waals surface area contributed by atoms with Crippen LogP contribution < -0.4 is 14.4 Å². The maximum atomic E-state index is 6.23. The summed E-state index contributed by atoms with van der Waals surface area (Å²) in [4.78, 5) is 6.40. The van der Waals surface area contributed by atoms with Crippen LogP contribution in [0.25, 0.3) is 11.0 Å². The summed E-state index contributed by atoms with van der Waals surface area (Å²) in [7, 11) is 1.62. The smallest absolute Gasteiger partial charge is 0.163 e. The third kappa shape index (κ3) is 3.78. The Balaban J connectivity index is 1.47. The number of methoxy groups -OCH3 is 1. The lowest BCUT2D eigenvalue weighted by atomic mass is 10.1. The average molecular weight is 455 g/mol. The van der Waals surface area contributed by atoms with Crippen molar-refractivity contribution >= 4 is 51.9 Å². The van der Waals surface area contributed by atoms with Crippen molar-refractivity contribution in [3.05, 3.63) is 69.7 Å². The van der Waals surface area contributed by atoms with Crippen LogP contribution in [0, 0.1) is 0 Å². The molecule has 2 heterocycles. The van der Waals surface area contributed by atoms with E-state index >= 15 is 0 Å². The van der Waals surface area contributed by atoms with Crippen molar-refractivity contribution in [1.82, 2.24) is 10.3 Å². The van der Waals surface area contributed by atoms with Gasteiger partial charge in [-0.15, -0.1) is 0 Å². The van der Waals surface area contributed by atoms with Crippen molar-refractivity contribution in [2.24, 2.45) is 4.99 Å². The second kappa shape index (κ2) is 8.09. The van der Waals surface area contributed by atoms with E-state index in [1.807, 2.05) is 41.3 Å². The summed E-state index contributed by atoms with van der Waals surface area (Å²) < 4.78 is 16.4. The predicted molar refractivity (Wildman–Crippen MR) is 120 cm³/mol. The zero-order chi connectivity index (χ0) is 21.4. The first-order valence-electron chi connectivity index (χ1n) is 9.41. The lowest BCUT2D eigenvalue weighted by molar-refractivity contribution is 0.284. The fourth-order valence-corrected chi connectivity index (χ4v) is 3.71. The highest BCUT2D eigenvalue weighted by atomic mass is 35.5. The number of ether oxygens (including phenoxy) is 2. The number of anilines is 2. The molecule has 3 aromatic carbocycles. The van der Waals surface area contributed by atoms with E-state index in [1.165, 1.54) is 0 Å². The van der Waals surface area contributed by atoms with Gasteiger partial charge in [-0.25, -0.2) is 4.63 Å². The van der Waals surface area contributed by atoms with Crippen molar-refractivity contribution in [2.75, 3.05) is 12.0 Å². The zero-order valence-electron chi connectivity index (χ0n) is 16.4. The van der Waals surface area contributed by atoms with Gasteiger partial charge in [0.25, 0.3) is 0 Å². The van der Waals surface area contributed by atoms with E-state index in [4.69, 9.17) is 37.3 Å². The first-order chi connectivity index (χ1) is 15.1. The highest BCUT2D eigenvalue weighted by Crippen LogP contribution is 2.40.